The van der Waals surface area contributed by atoms with Crippen LogP contribution in [0.5, 0.6) is 0 Å². The van der Waals surface area contributed by atoms with Gasteiger partial charge in [-0.1, -0.05) is 13.0 Å². The molecule has 0 unspecified atom stereocenters. The van der Waals surface area contributed by atoms with Crippen molar-refractivity contribution in [1.82, 2.24) is 0 Å². The minimum atomic E-state index is -2.90. The summed E-state index contributed by atoms with van der Waals surface area (Å²) in [5, 5.41) is 0. The summed E-state index contributed by atoms with van der Waals surface area (Å²) in [5.74, 6) is 0. The van der Waals surface area contributed by atoms with Gasteiger partial charge in [0.05, 0.1) is 0 Å². The molecule has 0 atom stereocenters. The standard InChI is InChI=1S/C6H12O2S/c1-4-5-6(2)9(3,7)8/h5H,4H2,1-3H3/b6-5+. The summed E-state index contributed by atoms with van der Waals surface area (Å²) >= 11 is 0. The van der Waals surface area contributed by atoms with Crippen LogP contribution >= 0.6 is 0 Å². The monoisotopic (exact) mass is 148 g/mol. The van der Waals surface area contributed by atoms with E-state index in [1.807, 2.05) is 6.92 Å². The van der Waals surface area contributed by atoms with Crippen LogP contribution in [0.3, 0.4) is 0 Å². The first kappa shape index (κ1) is 8.69. The van der Waals surface area contributed by atoms with Gasteiger partial charge < -0.3 is 0 Å². The van der Waals surface area contributed by atoms with Crippen LogP contribution in [0.25, 0.3) is 0 Å². The van der Waals surface area contributed by atoms with Crippen LogP contribution in [0, 0.1) is 0 Å². The lowest BCUT2D eigenvalue weighted by molar-refractivity contribution is 0.607. The second-order valence-electron chi connectivity index (χ2n) is 2.00. The maximum absolute atomic E-state index is 10.7. The number of hydrogen-bond donors (Lipinski definition) is 0. The van der Waals surface area contributed by atoms with E-state index in [2.05, 4.69) is 0 Å². The second kappa shape index (κ2) is 3.01. The molecule has 0 fully saturated rings. The van der Waals surface area contributed by atoms with Crippen LogP contribution in [-0.2, 0) is 9.84 Å². The van der Waals surface area contributed by atoms with Crippen LogP contribution in [0.4, 0.5) is 0 Å². The number of sulfone groups is 1. The van der Waals surface area contributed by atoms with Crippen molar-refractivity contribution in [3.63, 3.8) is 0 Å². The van der Waals surface area contributed by atoms with Crippen molar-refractivity contribution >= 4 is 9.84 Å². The normalized spacial score (nSPS) is 13.9. The Labute approximate surface area is 56.5 Å². The maximum atomic E-state index is 10.7. The summed E-state index contributed by atoms with van der Waals surface area (Å²) < 4.78 is 21.3. The van der Waals surface area contributed by atoms with Gasteiger partial charge in [0, 0.05) is 11.2 Å². The molecule has 0 N–H and O–H groups in total. The number of allylic oxidation sites excluding steroid dienone is 2. The summed E-state index contributed by atoms with van der Waals surface area (Å²) in [6, 6.07) is 0. The van der Waals surface area contributed by atoms with Crippen LogP contribution in [0.1, 0.15) is 20.3 Å². The Bertz CT molecular complexity index is 199. The van der Waals surface area contributed by atoms with Crippen LogP contribution in [0.2, 0.25) is 0 Å². The van der Waals surface area contributed by atoms with Gasteiger partial charge in [-0.05, 0) is 13.3 Å². The highest BCUT2D eigenvalue weighted by molar-refractivity contribution is 7.94. The van der Waals surface area contributed by atoms with Crippen LogP contribution in [0.15, 0.2) is 11.0 Å². The number of rotatable bonds is 2. The molecule has 3 heteroatoms. The minimum absolute atomic E-state index is 0.463. The molecule has 0 aromatic carbocycles. The molecule has 0 radical (unpaired) electrons. The fraction of sp³-hybridized carbons (Fsp3) is 0.667. The highest BCUT2D eigenvalue weighted by Gasteiger charge is 2.01. The predicted molar refractivity (Wildman–Crippen MR) is 38.9 cm³/mol. The van der Waals surface area contributed by atoms with Crippen molar-refractivity contribution in [1.29, 1.82) is 0 Å². The highest BCUT2D eigenvalue weighted by atomic mass is 32.2. The first-order chi connectivity index (χ1) is 3.98. The quantitative estimate of drug-likeness (QED) is 0.592. The van der Waals surface area contributed by atoms with E-state index in [1.54, 1.807) is 13.0 Å². The van der Waals surface area contributed by atoms with Crippen molar-refractivity contribution in [2.24, 2.45) is 0 Å². The first-order valence-electron chi connectivity index (χ1n) is 2.85. The third-order valence-corrected chi connectivity index (χ3v) is 2.41. The molecule has 9 heavy (non-hydrogen) atoms. The van der Waals surface area contributed by atoms with E-state index in [0.717, 1.165) is 6.42 Å². The Balaban J connectivity index is 4.41. The molecular weight excluding hydrogens is 136 g/mol. The van der Waals surface area contributed by atoms with Gasteiger partial charge in [0.15, 0.2) is 9.84 Å². The molecule has 0 aromatic rings. The zero-order valence-corrected chi connectivity index (χ0v) is 6.83. The Morgan fingerprint density at radius 2 is 2.00 bits per heavy atom. The van der Waals surface area contributed by atoms with E-state index >= 15 is 0 Å². The summed E-state index contributed by atoms with van der Waals surface area (Å²) in [4.78, 5) is 0.463. The summed E-state index contributed by atoms with van der Waals surface area (Å²) in [7, 11) is -2.90. The van der Waals surface area contributed by atoms with Crippen molar-refractivity contribution < 1.29 is 8.42 Å². The minimum Gasteiger partial charge on any atom is -0.224 e. The SMILES string of the molecule is CC/C=C(\C)S(C)(=O)=O. The van der Waals surface area contributed by atoms with Gasteiger partial charge >= 0.3 is 0 Å². The van der Waals surface area contributed by atoms with Gasteiger partial charge in [0.25, 0.3) is 0 Å². The lowest BCUT2D eigenvalue weighted by Gasteiger charge is -1.93. The molecule has 0 spiro atoms. The van der Waals surface area contributed by atoms with E-state index in [1.165, 1.54) is 6.26 Å². The highest BCUT2D eigenvalue weighted by Crippen LogP contribution is 2.02. The van der Waals surface area contributed by atoms with Crippen molar-refractivity contribution in [2.75, 3.05) is 6.26 Å². The van der Waals surface area contributed by atoms with Crippen LogP contribution in [-0.4, -0.2) is 14.7 Å². The molecule has 0 bridgehead atoms. The lowest BCUT2D eigenvalue weighted by atomic mass is 10.4. The molecule has 2 nitrogen and oxygen atoms in total. The first-order valence-corrected chi connectivity index (χ1v) is 4.74. The topological polar surface area (TPSA) is 34.1 Å². The fourth-order valence-corrected chi connectivity index (χ4v) is 0.908. The van der Waals surface area contributed by atoms with Gasteiger partial charge in [-0.15, -0.1) is 0 Å². The molecule has 0 aliphatic heterocycles. The average Bonchev–Trinajstić information content (AvgIpc) is 1.64. The average molecular weight is 148 g/mol. The Morgan fingerprint density at radius 1 is 1.56 bits per heavy atom. The number of hydrogen-bond acceptors (Lipinski definition) is 2. The van der Waals surface area contributed by atoms with Crippen molar-refractivity contribution in [3.8, 4) is 0 Å². The van der Waals surface area contributed by atoms with Gasteiger partial charge in [-0.3, -0.25) is 0 Å². The second-order valence-corrected chi connectivity index (χ2v) is 4.18. The third-order valence-electron chi connectivity index (χ3n) is 1.08. The van der Waals surface area contributed by atoms with E-state index in [0.29, 0.717) is 4.91 Å². The summed E-state index contributed by atoms with van der Waals surface area (Å²) in [6.07, 6.45) is 3.70. The molecule has 0 aromatic heterocycles. The van der Waals surface area contributed by atoms with Crippen molar-refractivity contribution in [3.05, 3.63) is 11.0 Å². The summed E-state index contributed by atoms with van der Waals surface area (Å²) in [5.41, 5.74) is 0. The Morgan fingerprint density at radius 3 is 2.11 bits per heavy atom. The Kier molecular flexibility index (Phi) is 2.91. The molecule has 0 saturated carbocycles. The largest absolute Gasteiger partial charge is 0.224 e. The van der Waals surface area contributed by atoms with Gasteiger partial charge in [0.1, 0.15) is 0 Å². The van der Waals surface area contributed by atoms with Gasteiger partial charge in [-0.2, -0.15) is 0 Å². The lowest BCUT2D eigenvalue weighted by Crippen LogP contribution is -1.96. The molecule has 54 valence electrons. The zero-order chi connectivity index (χ0) is 7.49. The van der Waals surface area contributed by atoms with E-state index in [-0.39, 0.29) is 0 Å². The van der Waals surface area contributed by atoms with Crippen molar-refractivity contribution in [2.45, 2.75) is 20.3 Å². The molecule has 0 aliphatic carbocycles. The van der Waals surface area contributed by atoms with Gasteiger partial charge in [0.2, 0.25) is 0 Å². The van der Waals surface area contributed by atoms with E-state index < -0.39 is 9.84 Å². The molecule has 0 aliphatic rings. The zero-order valence-electron chi connectivity index (χ0n) is 6.01. The Hall–Kier alpha value is -0.310. The third kappa shape index (κ3) is 3.30. The molecule has 0 saturated heterocycles. The molecular formula is C6H12O2S. The van der Waals surface area contributed by atoms with Crippen LogP contribution < -0.4 is 0 Å². The van der Waals surface area contributed by atoms with E-state index in [4.69, 9.17) is 0 Å². The predicted octanol–water partition coefficient (Wildman–Crippen LogP) is 1.34. The fourth-order valence-electron chi connectivity index (χ4n) is 0.439. The summed E-state index contributed by atoms with van der Waals surface area (Å²) in [6.45, 7) is 3.52. The molecule has 0 heterocycles. The smallest absolute Gasteiger partial charge is 0.171 e. The van der Waals surface area contributed by atoms with E-state index in [9.17, 15) is 8.42 Å². The van der Waals surface area contributed by atoms with Gasteiger partial charge in [-0.25, -0.2) is 8.42 Å². The molecule has 0 amide bonds. The maximum Gasteiger partial charge on any atom is 0.171 e. The molecule has 0 rings (SSSR count).